The second-order valence-electron chi connectivity index (χ2n) is 6.86. The van der Waals surface area contributed by atoms with E-state index >= 15 is 0 Å². The van der Waals surface area contributed by atoms with Gasteiger partial charge in [0, 0.05) is 57.1 Å². The first-order chi connectivity index (χ1) is 11.7. The Balaban J connectivity index is 1.60. The molecule has 0 radical (unpaired) electrons. The topological polar surface area (TPSA) is 61.5 Å². The van der Waals surface area contributed by atoms with Crippen molar-refractivity contribution < 1.29 is 0 Å². The highest BCUT2D eigenvalue weighted by Gasteiger charge is 2.30. The summed E-state index contributed by atoms with van der Waals surface area (Å²) in [5, 5.41) is 0.821. The van der Waals surface area contributed by atoms with Gasteiger partial charge in [0.25, 0.3) is 0 Å². The molecule has 1 aromatic heterocycles. The van der Waals surface area contributed by atoms with E-state index in [1.165, 1.54) is 45.4 Å². The summed E-state index contributed by atoms with van der Waals surface area (Å²) in [5.74, 6) is 2.64. The number of nitrogens with zero attached hydrogens (tertiary/aromatic N) is 5. The van der Waals surface area contributed by atoms with Crippen LogP contribution in [0.4, 0.5) is 11.6 Å². The number of nitrogen functional groups attached to an aromatic ring is 1. The molecule has 3 heterocycles. The van der Waals surface area contributed by atoms with Gasteiger partial charge in [0.2, 0.25) is 0 Å². The van der Waals surface area contributed by atoms with E-state index in [0.717, 1.165) is 29.8 Å². The summed E-state index contributed by atoms with van der Waals surface area (Å²) >= 11 is 1.72. The second kappa shape index (κ2) is 8.36. The highest BCUT2D eigenvalue weighted by Crippen LogP contribution is 2.26. The molecule has 2 fully saturated rings. The van der Waals surface area contributed by atoms with E-state index in [0.29, 0.717) is 11.9 Å². The van der Waals surface area contributed by atoms with Gasteiger partial charge in [0.1, 0.15) is 11.6 Å². The standard InChI is InChI=1S/C17H30N6S/c1-3-4-11-24-17-19-15(18)12-16(20-17)23-6-5-14(13-23)22-9-7-21(2)8-10-22/h12,14H,3-11,13H2,1-2H3,(H2,18,19,20)/t14-/m1/s1. The minimum Gasteiger partial charge on any atom is -0.383 e. The summed E-state index contributed by atoms with van der Waals surface area (Å²) in [6, 6.07) is 2.57. The number of nitrogens with two attached hydrogens (primary N) is 1. The normalized spacial score (nSPS) is 23.1. The summed E-state index contributed by atoms with van der Waals surface area (Å²) in [6.45, 7) is 9.03. The van der Waals surface area contributed by atoms with Gasteiger partial charge in [0.15, 0.2) is 5.16 Å². The zero-order valence-electron chi connectivity index (χ0n) is 14.9. The Morgan fingerprint density at radius 3 is 2.75 bits per heavy atom. The van der Waals surface area contributed by atoms with E-state index in [1.54, 1.807) is 11.8 Å². The van der Waals surface area contributed by atoms with Crippen molar-refractivity contribution in [3.05, 3.63) is 6.07 Å². The Bertz CT molecular complexity index is 532. The third kappa shape index (κ3) is 4.52. The predicted octanol–water partition coefficient (Wildman–Crippen LogP) is 1.78. The fourth-order valence-corrected chi connectivity index (χ4v) is 4.34. The zero-order valence-corrected chi connectivity index (χ0v) is 15.8. The van der Waals surface area contributed by atoms with Crippen LogP contribution >= 0.6 is 11.8 Å². The summed E-state index contributed by atoms with van der Waals surface area (Å²) in [4.78, 5) is 16.6. The molecule has 6 nitrogen and oxygen atoms in total. The van der Waals surface area contributed by atoms with Gasteiger partial charge < -0.3 is 15.5 Å². The highest BCUT2D eigenvalue weighted by atomic mass is 32.2. The average molecular weight is 351 g/mol. The molecular formula is C17H30N6S. The van der Waals surface area contributed by atoms with Crippen molar-refractivity contribution in [3.63, 3.8) is 0 Å². The van der Waals surface area contributed by atoms with E-state index < -0.39 is 0 Å². The molecule has 0 aliphatic carbocycles. The molecule has 24 heavy (non-hydrogen) atoms. The van der Waals surface area contributed by atoms with Crippen LogP contribution < -0.4 is 10.6 Å². The minimum absolute atomic E-state index is 0.585. The Morgan fingerprint density at radius 2 is 2.00 bits per heavy atom. The van der Waals surface area contributed by atoms with Crippen molar-refractivity contribution in [3.8, 4) is 0 Å². The van der Waals surface area contributed by atoms with Crippen molar-refractivity contribution in [2.24, 2.45) is 0 Å². The van der Waals surface area contributed by atoms with Crippen LogP contribution in [0.1, 0.15) is 26.2 Å². The molecule has 0 aromatic carbocycles. The lowest BCUT2D eigenvalue weighted by molar-refractivity contribution is 0.120. The van der Waals surface area contributed by atoms with Crippen LogP contribution in [-0.4, -0.2) is 77.9 Å². The van der Waals surface area contributed by atoms with Crippen LogP contribution in [0.2, 0.25) is 0 Å². The molecule has 1 atom stereocenters. The van der Waals surface area contributed by atoms with Crippen LogP contribution in [0.15, 0.2) is 11.2 Å². The maximum absolute atomic E-state index is 6.02. The van der Waals surface area contributed by atoms with Crippen molar-refractivity contribution in [2.45, 2.75) is 37.4 Å². The van der Waals surface area contributed by atoms with Gasteiger partial charge in [-0.05, 0) is 19.9 Å². The van der Waals surface area contributed by atoms with Crippen LogP contribution in [0.3, 0.4) is 0 Å². The van der Waals surface area contributed by atoms with E-state index in [2.05, 4.69) is 33.7 Å². The molecule has 3 rings (SSSR count). The Labute approximate surface area is 149 Å². The van der Waals surface area contributed by atoms with Crippen LogP contribution in [0, 0.1) is 0 Å². The number of anilines is 2. The number of hydrogen-bond donors (Lipinski definition) is 1. The summed E-state index contributed by atoms with van der Waals surface area (Å²) in [7, 11) is 2.21. The third-order valence-corrected chi connectivity index (χ3v) is 5.92. The first-order valence-electron chi connectivity index (χ1n) is 9.10. The van der Waals surface area contributed by atoms with Gasteiger partial charge in [-0.25, -0.2) is 9.97 Å². The number of thioether (sulfide) groups is 1. The van der Waals surface area contributed by atoms with Crippen LogP contribution in [-0.2, 0) is 0 Å². The molecule has 0 amide bonds. The number of piperazine rings is 1. The van der Waals surface area contributed by atoms with Crippen LogP contribution in [0.5, 0.6) is 0 Å². The lowest BCUT2D eigenvalue weighted by atomic mass is 10.2. The summed E-state index contributed by atoms with van der Waals surface area (Å²) < 4.78 is 0. The maximum atomic E-state index is 6.02. The third-order valence-electron chi connectivity index (χ3n) is 4.98. The second-order valence-corrected chi connectivity index (χ2v) is 7.93. The van der Waals surface area contributed by atoms with Crippen molar-refractivity contribution in [1.82, 2.24) is 19.8 Å². The van der Waals surface area contributed by atoms with Gasteiger partial charge in [-0.1, -0.05) is 25.1 Å². The molecule has 0 bridgehead atoms. The number of aromatic nitrogens is 2. The van der Waals surface area contributed by atoms with Gasteiger partial charge in [-0.2, -0.15) is 0 Å². The fourth-order valence-electron chi connectivity index (χ4n) is 3.40. The van der Waals surface area contributed by atoms with Crippen LogP contribution in [0.25, 0.3) is 0 Å². The Kier molecular flexibility index (Phi) is 6.19. The number of likely N-dealkylation sites (N-methyl/N-ethyl adjacent to an activating group) is 1. The van der Waals surface area contributed by atoms with E-state index in [9.17, 15) is 0 Å². The number of hydrogen-bond acceptors (Lipinski definition) is 7. The number of unbranched alkanes of at least 4 members (excludes halogenated alkanes) is 1. The Morgan fingerprint density at radius 1 is 1.21 bits per heavy atom. The molecule has 0 saturated carbocycles. The molecule has 2 aliphatic heterocycles. The maximum Gasteiger partial charge on any atom is 0.191 e. The first-order valence-corrected chi connectivity index (χ1v) is 10.1. The first kappa shape index (κ1) is 17.8. The van der Waals surface area contributed by atoms with E-state index in [1.807, 2.05) is 6.07 Å². The van der Waals surface area contributed by atoms with E-state index in [4.69, 9.17) is 10.7 Å². The van der Waals surface area contributed by atoms with Crippen molar-refractivity contribution in [1.29, 1.82) is 0 Å². The van der Waals surface area contributed by atoms with Gasteiger partial charge >= 0.3 is 0 Å². The Hall–Kier alpha value is -1.05. The highest BCUT2D eigenvalue weighted by molar-refractivity contribution is 7.99. The van der Waals surface area contributed by atoms with Gasteiger partial charge in [-0.15, -0.1) is 0 Å². The summed E-state index contributed by atoms with van der Waals surface area (Å²) in [5.41, 5.74) is 6.02. The molecule has 0 unspecified atom stereocenters. The molecule has 2 N–H and O–H groups in total. The minimum atomic E-state index is 0.585. The van der Waals surface area contributed by atoms with Crippen molar-refractivity contribution >= 4 is 23.4 Å². The fraction of sp³-hybridized carbons (Fsp3) is 0.765. The molecule has 1 aromatic rings. The molecule has 2 aliphatic rings. The average Bonchev–Trinajstić information content (AvgIpc) is 3.05. The predicted molar refractivity (Wildman–Crippen MR) is 102 cm³/mol. The molecular weight excluding hydrogens is 320 g/mol. The van der Waals surface area contributed by atoms with Gasteiger partial charge in [-0.3, -0.25) is 4.90 Å². The molecule has 2 saturated heterocycles. The lowest BCUT2D eigenvalue weighted by Gasteiger charge is -2.36. The van der Waals surface area contributed by atoms with E-state index in [-0.39, 0.29) is 0 Å². The summed E-state index contributed by atoms with van der Waals surface area (Å²) in [6.07, 6.45) is 3.60. The smallest absolute Gasteiger partial charge is 0.191 e. The zero-order chi connectivity index (χ0) is 16.9. The SMILES string of the molecule is CCCCSc1nc(N)cc(N2CC[C@@H](N3CCN(C)CC3)C2)n1. The molecule has 7 heteroatoms. The molecule has 0 spiro atoms. The number of rotatable bonds is 6. The largest absolute Gasteiger partial charge is 0.383 e. The van der Waals surface area contributed by atoms with Gasteiger partial charge in [0.05, 0.1) is 0 Å². The van der Waals surface area contributed by atoms with Crippen molar-refractivity contribution in [2.75, 3.05) is 62.7 Å². The monoisotopic (exact) mass is 350 g/mol. The quantitative estimate of drug-likeness (QED) is 0.477. The lowest BCUT2D eigenvalue weighted by Crippen LogP contribution is -2.49. The molecule has 134 valence electrons.